The minimum absolute atomic E-state index is 0.0717. The first-order valence-electron chi connectivity index (χ1n) is 6.77. The van der Waals surface area contributed by atoms with Crippen LogP contribution in [0.3, 0.4) is 0 Å². The molecule has 0 aliphatic rings. The van der Waals surface area contributed by atoms with E-state index in [9.17, 15) is 18.3 Å². The van der Waals surface area contributed by atoms with E-state index >= 15 is 0 Å². The molecule has 5 nitrogen and oxygen atoms in total. The van der Waals surface area contributed by atoms with Gasteiger partial charge in [0.15, 0.2) is 0 Å². The Labute approximate surface area is 129 Å². The molecule has 6 heteroatoms. The van der Waals surface area contributed by atoms with Crippen LogP contribution >= 0.6 is 0 Å². The van der Waals surface area contributed by atoms with E-state index in [2.05, 4.69) is 0 Å². The molecule has 0 N–H and O–H groups in total. The highest BCUT2D eigenvalue weighted by Gasteiger charge is 2.23. The molecule has 2 rings (SSSR count). The zero-order valence-electron chi connectivity index (χ0n) is 12.3. The van der Waals surface area contributed by atoms with Crippen LogP contribution in [0, 0.1) is 6.92 Å². The lowest BCUT2D eigenvalue weighted by Gasteiger charge is -2.23. The van der Waals surface area contributed by atoms with Crippen LogP contribution in [0.15, 0.2) is 53.4 Å². The third-order valence-corrected chi connectivity index (χ3v) is 5.13. The molecule has 0 fully saturated rings. The Kier molecular flexibility index (Phi) is 4.51. The predicted molar refractivity (Wildman–Crippen MR) is 82.2 cm³/mol. The molecule has 0 aliphatic heterocycles. The molecule has 0 atom stereocenters. The number of hydrogen-bond donors (Lipinski definition) is 0. The summed E-state index contributed by atoms with van der Waals surface area (Å²) in [5.41, 5.74) is 1.32. The summed E-state index contributed by atoms with van der Waals surface area (Å²) in [5.74, 6) is -1.41. The molecule has 2 aromatic carbocycles. The molecule has 0 bridgehead atoms. The molecule has 0 saturated carbocycles. The molecule has 0 aromatic heterocycles. The Balaban J connectivity index is 2.52. The van der Waals surface area contributed by atoms with E-state index < -0.39 is 16.0 Å². The lowest BCUT2D eigenvalue weighted by molar-refractivity contribution is -0.255. The maximum Gasteiger partial charge on any atom is 0.264 e. The third kappa shape index (κ3) is 3.12. The van der Waals surface area contributed by atoms with Gasteiger partial charge in [-0.3, -0.25) is 4.31 Å². The molecular formula is C16H16NO4S-. The van der Waals surface area contributed by atoms with Gasteiger partial charge in [0.2, 0.25) is 0 Å². The van der Waals surface area contributed by atoms with Gasteiger partial charge < -0.3 is 9.90 Å². The number of aryl methyl sites for hydroxylation is 1. The van der Waals surface area contributed by atoms with Gasteiger partial charge in [-0.15, -0.1) is 0 Å². The van der Waals surface area contributed by atoms with Crippen LogP contribution in [0.25, 0.3) is 0 Å². The minimum atomic E-state index is -3.83. The molecule has 0 spiro atoms. The van der Waals surface area contributed by atoms with Crippen molar-refractivity contribution < 1.29 is 18.3 Å². The lowest BCUT2D eigenvalue weighted by atomic mass is 10.2. The number of carbonyl (C=O) groups excluding carboxylic acids is 1. The molecule has 0 heterocycles. The Morgan fingerprint density at radius 1 is 1.14 bits per heavy atom. The fourth-order valence-corrected chi connectivity index (χ4v) is 3.70. The number of carbonyl (C=O) groups is 1. The van der Waals surface area contributed by atoms with E-state index in [4.69, 9.17) is 0 Å². The predicted octanol–water partition coefficient (Wildman–Crippen LogP) is 1.57. The van der Waals surface area contributed by atoms with Crippen LogP contribution < -0.4 is 9.41 Å². The van der Waals surface area contributed by atoms with Gasteiger partial charge in [-0.25, -0.2) is 8.42 Å². The van der Waals surface area contributed by atoms with Crippen molar-refractivity contribution in [2.75, 3.05) is 10.8 Å². The molecule has 0 saturated heterocycles. The second-order valence-corrected chi connectivity index (χ2v) is 6.69. The summed E-state index contributed by atoms with van der Waals surface area (Å²) in [6, 6.07) is 12.3. The van der Waals surface area contributed by atoms with Gasteiger partial charge in [0.05, 0.1) is 16.6 Å². The summed E-state index contributed by atoms with van der Waals surface area (Å²) in [4.78, 5) is 10.8. The van der Waals surface area contributed by atoms with E-state index in [0.29, 0.717) is 5.69 Å². The maximum absolute atomic E-state index is 12.8. The van der Waals surface area contributed by atoms with Gasteiger partial charge in [-0.05, 0) is 49.2 Å². The normalized spacial score (nSPS) is 11.2. The summed E-state index contributed by atoms with van der Waals surface area (Å²) >= 11 is 0. The topological polar surface area (TPSA) is 77.5 Å². The Morgan fingerprint density at radius 3 is 2.41 bits per heavy atom. The van der Waals surface area contributed by atoms with E-state index in [1.165, 1.54) is 22.5 Å². The SMILES string of the molecule is CCN(c1cccc(C)c1)S(=O)(=O)c1cccc(C(=O)[O-])c1. The van der Waals surface area contributed by atoms with E-state index in [-0.39, 0.29) is 17.0 Å². The van der Waals surface area contributed by atoms with Gasteiger partial charge in [0, 0.05) is 6.54 Å². The minimum Gasteiger partial charge on any atom is -0.545 e. The van der Waals surface area contributed by atoms with Crippen LogP contribution in [0.5, 0.6) is 0 Å². The first kappa shape index (κ1) is 16.0. The highest BCUT2D eigenvalue weighted by molar-refractivity contribution is 7.92. The van der Waals surface area contributed by atoms with Gasteiger partial charge >= 0.3 is 0 Å². The molecule has 0 radical (unpaired) electrons. The van der Waals surface area contributed by atoms with Crippen molar-refractivity contribution in [2.24, 2.45) is 0 Å². The number of aromatic carboxylic acids is 1. The molecule has 2 aromatic rings. The number of rotatable bonds is 5. The fraction of sp³-hybridized carbons (Fsp3) is 0.188. The highest BCUT2D eigenvalue weighted by atomic mass is 32.2. The van der Waals surface area contributed by atoms with Gasteiger partial charge in [-0.2, -0.15) is 0 Å². The second-order valence-electron chi connectivity index (χ2n) is 4.82. The first-order valence-corrected chi connectivity index (χ1v) is 8.21. The van der Waals surface area contributed by atoms with Crippen molar-refractivity contribution >= 4 is 21.7 Å². The fourth-order valence-electron chi connectivity index (χ4n) is 2.19. The largest absolute Gasteiger partial charge is 0.545 e. The summed E-state index contributed by atoms with van der Waals surface area (Å²) < 4.78 is 26.8. The van der Waals surface area contributed by atoms with Crippen molar-refractivity contribution in [3.8, 4) is 0 Å². The number of sulfonamides is 1. The van der Waals surface area contributed by atoms with Gasteiger partial charge in [0.25, 0.3) is 10.0 Å². The summed E-state index contributed by atoms with van der Waals surface area (Å²) in [7, 11) is -3.83. The van der Waals surface area contributed by atoms with E-state index in [1.54, 1.807) is 25.1 Å². The lowest BCUT2D eigenvalue weighted by Crippen LogP contribution is -2.31. The van der Waals surface area contributed by atoms with Crippen LogP contribution in [0.4, 0.5) is 5.69 Å². The zero-order valence-corrected chi connectivity index (χ0v) is 13.1. The number of anilines is 1. The van der Waals surface area contributed by atoms with Crippen molar-refractivity contribution in [2.45, 2.75) is 18.7 Å². The Bertz CT molecular complexity index is 799. The average molecular weight is 318 g/mol. The standard InChI is InChI=1S/C16H17NO4S/c1-3-17(14-8-4-6-12(2)10-14)22(20,21)15-9-5-7-13(11-15)16(18)19/h4-11H,3H2,1-2H3,(H,18,19)/p-1. The van der Waals surface area contributed by atoms with Crippen LogP contribution in [0.1, 0.15) is 22.8 Å². The van der Waals surface area contributed by atoms with Crippen LogP contribution in [-0.2, 0) is 10.0 Å². The average Bonchev–Trinajstić information content (AvgIpc) is 2.48. The number of nitrogens with zero attached hydrogens (tertiary/aromatic N) is 1. The maximum atomic E-state index is 12.8. The Hall–Kier alpha value is -2.34. The molecule has 0 aliphatic carbocycles. The van der Waals surface area contributed by atoms with Crippen LogP contribution in [0.2, 0.25) is 0 Å². The highest BCUT2D eigenvalue weighted by Crippen LogP contribution is 2.24. The van der Waals surface area contributed by atoms with Crippen molar-refractivity contribution in [1.29, 1.82) is 0 Å². The second kappa shape index (κ2) is 6.19. The number of carboxylic acid groups (broad SMARTS) is 1. The van der Waals surface area contributed by atoms with Gasteiger partial charge in [-0.1, -0.05) is 24.3 Å². The van der Waals surface area contributed by atoms with Crippen molar-refractivity contribution in [3.05, 3.63) is 59.7 Å². The molecule has 116 valence electrons. The number of hydrogen-bond acceptors (Lipinski definition) is 4. The summed E-state index contributed by atoms with van der Waals surface area (Å²) in [5, 5.41) is 10.9. The molecule has 22 heavy (non-hydrogen) atoms. The first-order chi connectivity index (χ1) is 10.4. The van der Waals surface area contributed by atoms with Gasteiger partial charge in [0.1, 0.15) is 0 Å². The van der Waals surface area contributed by atoms with Crippen molar-refractivity contribution in [3.63, 3.8) is 0 Å². The molecular weight excluding hydrogens is 302 g/mol. The van der Waals surface area contributed by atoms with Crippen molar-refractivity contribution in [1.82, 2.24) is 0 Å². The van der Waals surface area contributed by atoms with Crippen LogP contribution in [-0.4, -0.2) is 20.9 Å². The third-order valence-electron chi connectivity index (χ3n) is 3.23. The van der Waals surface area contributed by atoms with E-state index in [0.717, 1.165) is 11.6 Å². The number of carboxylic acids is 1. The summed E-state index contributed by atoms with van der Waals surface area (Å²) in [6.45, 7) is 3.84. The zero-order chi connectivity index (χ0) is 16.3. The summed E-state index contributed by atoms with van der Waals surface area (Å²) in [6.07, 6.45) is 0. The Morgan fingerprint density at radius 2 is 1.82 bits per heavy atom. The smallest absolute Gasteiger partial charge is 0.264 e. The monoisotopic (exact) mass is 318 g/mol. The van der Waals surface area contributed by atoms with E-state index in [1.807, 2.05) is 13.0 Å². The molecule has 0 unspecified atom stereocenters. The number of benzene rings is 2. The molecule has 0 amide bonds. The quantitative estimate of drug-likeness (QED) is 0.838.